The number of benzene rings is 2. The van der Waals surface area contributed by atoms with Gasteiger partial charge in [0.15, 0.2) is 5.82 Å². The first-order chi connectivity index (χ1) is 18.6. The Morgan fingerprint density at radius 1 is 1.13 bits per heavy atom. The Hall–Kier alpha value is -3.66. The van der Waals surface area contributed by atoms with Gasteiger partial charge in [-0.3, -0.25) is 9.69 Å². The molecule has 0 spiro atoms. The lowest BCUT2D eigenvalue weighted by Gasteiger charge is -2.31. The van der Waals surface area contributed by atoms with Crippen molar-refractivity contribution in [1.29, 1.82) is 0 Å². The molecular weight excluding hydrogens is 496 g/mol. The first-order valence-corrected chi connectivity index (χ1v) is 13.8. The summed E-state index contributed by atoms with van der Waals surface area (Å²) in [4.78, 5) is 20.3. The van der Waals surface area contributed by atoms with E-state index in [9.17, 15) is 4.79 Å². The number of hydrogen-bond donors (Lipinski definition) is 1. The van der Waals surface area contributed by atoms with Crippen LogP contribution in [0.3, 0.4) is 0 Å². The predicted molar refractivity (Wildman–Crippen MR) is 148 cm³/mol. The fourth-order valence-electron chi connectivity index (χ4n) is 5.21. The summed E-state index contributed by atoms with van der Waals surface area (Å²) in [6.45, 7) is 4.61. The van der Waals surface area contributed by atoms with Crippen molar-refractivity contribution in [1.82, 2.24) is 30.1 Å². The van der Waals surface area contributed by atoms with Gasteiger partial charge in [-0.1, -0.05) is 48.5 Å². The summed E-state index contributed by atoms with van der Waals surface area (Å²) in [6.07, 6.45) is 2.08. The van der Waals surface area contributed by atoms with Gasteiger partial charge in [0.25, 0.3) is 5.56 Å². The zero-order chi connectivity index (χ0) is 25.9. The van der Waals surface area contributed by atoms with E-state index < -0.39 is 6.04 Å². The van der Waals surface area contributed by atoms with Gasteiger partial charge >= 0.3 is 0 Å². The number of pyridine rings is 1. The van der Waals surface area contributed by atoms with Gasteiger partial charge < -0.3 is 9.72 Å². The number of fused-ring (bicyclic) bond motifs is 1. The Bertz CT molecular complexity index is 1560. The number of H-pyrrole nitrogens is 1. The molecule has 1 fully saturated rings. The number of hydrogen-bond acceptors (Lipinski definition) is 7. The molecule has 38 heavy (non-hydrogen) atoms. The topological polar surface area (TPSA) is 88.9 Å². The maximum Gasteiger partial charge on any atom is 0.253 e. The molecule has 0 radical (unpaired) electrons. The minimum atomic E-state index is -0.469. The molecule has 2 unspecified atom stereocenters. The van der Waals surface area contributed by atoms with Crippen LogP contribution >= 0.6 is 11.3 Å². The van der Waals surface area contributed by atoms with Crippen molar-refractivity contribution in [2.45, 2.75) is 51.5 Å². The van der Waals surface area contributed by atoms with Crippen molar-refractivity contribution in [3.05, 3.63) is 110 Å². The van der Waals surface area contributed by atoms with Crippen molar-refractivity contribution in [3.8, 4) is 0 Å². The number of ether oxygens (including phenoxy) is 1. The second kappa shape index (κ2) is 11.0. The Morgan fingerprint density at radius 3 is 2.82 bits per heavy atom. The van der Waals surface area contributed by atoms with Crippen LogP contribution in [0.2, 0.25) is 0 Å². The van der Waals surface area contributed by atoms with Crippen molar-refractivity contribution in [3.63, 3.8) is 0 Å². The number of aromatic amines is 1. The largest absolute Gasteiger partial charge is 0.376 e. The summed E-state index contributed by atoms with van der Waals surface area (Å²) in [7, 11) is 0. The normalized spacial score (nSPS) is 16.4. The third-order valence-corrected chi connectivity index (χ3v) is 7.92. The second-order valence-electron chi connectivity index (χ2n) is 9.87. The molecule has 1 saturated heterocycles. The van der Waals surface area contributed by atoms with Gasteiger partial charge in [-0.25, -0.2) is 4.68 Å². The second-order valence-corrected chi connectivity index (χ2v) is 10.9. The number of aromatic nitrogens is 5. The van der Waals surface area contributed by atoms with Crippen LogP contribution in [-0.4, -0.2) is 42.8 Å². The highest BCUT2D eigenvalue weighted by atomic mass is 32.1. The highest BCUT2D eigenvalue weighted by Crippen LogP contribution is 2.31. The molecular formula is C29H30N6O2S. The van der Waals surface area contributed by atoms with Crippen LogP contribution in [0.1, 0.15) is 46.3 Å². The minimum Gasteiger partial charge on any atom is -0.376 e. The summed E-state index contributed by atoms with van der Waals surface area (Å²) < 4.78 is 7.73. The van der Waals surface area contributed by atoms with E-state index in [1.54, 1.807) is 11.3 Å². The van der Waals surface area contributed by atoms with Crippen LogP contribution in [0.5, 0.6) is 0 Å². The molecule has 2 aromatic carbocycles. The standard InChI is InChI=1S/C29H30N6O2S/c1-20-11-12-22-16-25(29(36)30-26(22)15-20)27(28-31-32-33-35(28)18-23-9-5-13-37-23)34(19-24-10-6-14-38-24)17-21-7-3-2-4-8-21/h2-4,6-8,10-12,14-16,23,27H,5,9,13,17-19H2,1H3,(H,30,36). The third kappa shape index (κ3) is 5.31. The maximum absolute atomic E-state index is 13.7. The number of nitrogens with zero attached hydrogens (tertiary/aromatic N) is 5. The molecule has 4 heterocycles. The fourth-order valence-corrected chi connectivity index (χ4v) is 5.94. The molecule has 2 atom stereocenters. The van der Waals surface area contributed by atoms with E-state index in [0.29, 0.717) is 31.0 Å². The van der Waals surface area contributed by atoms with Gasteiger partial charge in [-0.05, 0) is 70.3 Å². The average molecular weight is 527 g/mol. The smallest absolute Gasteiger partial charge is 0.253 e. The fraction of sp³-hybridized carbons (Fsp3) is 0.310. The lowest BCUT2D eigenvalue weighted by molar-refractivity contribution is 0.0904. The lowest BCUT2D eigenvalue weighted by Crippen LogP contribution is -2.35. The molecule has 1 aliphatic heterocycles. The molecule has 1 N–H and O–H groups in total. The molecule has 0 amide bonds. The maximum atomic E-state index is 13.7. The van der Waals surface area contributed by atoms with Gasteiger partial charge in [0, 0.05) is 35.7 Å². The summed E-state index contributed by atoms with van der Waals surface area (Å²) >= 11 is 1.70. The van der Waals surface area contributed by atoms with Crippen molar-refractivity contribution in [2.24, 2.45) is 0 Å². The van der Waals surface area contributed by atoms with Crippen LogP contribution in [0.25, 0.3) is 10.9 Å². The molecule has 8 nitrogen and oxygen atoms in total. The van der Waals surface area contributed by atoms with E-state index in [-0.39, 0.29) is 11.7 Å². The molecule has 0 bridgehead atoms. The van der Waals surface area contributed by atoms with E-state index in [1.165, 1.54) is 4.88 Å². The monoisotopic (exact) mass is 526 g/mol. The molecule has 3 aromatic heterocycles. The SMILES string of the molecule is Cc1ccc2cc(C(c3nnnn3CC3CCCO3)N(Cc3ccccc3)Cc3cccs3)c(=O)[nH]c2c1. The minimum absolute atomic E-state index is 0.0654. The molecule has 194 valence electrons. The quantitative estimate of drug-likeness (QED) is 0.295. The lowest BCUT2D eigenvalue weighted by atomic mass is 10.0. The van der Waals surface area contributed by atoms with Gasteiger partial charge in [0.2, 0.25) is 0 Å². The van der Waals surface area contributed by atoms with Gasteiger partial charge in [-0.15, -0.1) is 16.4 Å². The molecule has 0 aliphatic carbocycles. The van der Waals surface area contributed by atoms with Crippen LogP contribution < -0.4 is 5.56 Å². The van der Waals surface area contributed by atoms with E-state index in [2.05, 4.69) is 67.2 Å². The molecule has 1 aliphatic rings. The van der Waals surface area contributed by atoms with Crippen LogP contribution in [-0.2, 0) is 24.4 Å². The Labute approximate surface area is 224 Å². The summed E-state index contributed by atoms with van der Waals surface area (Å²) in [5.41, 5.74) is 3.56. The number of tetrazole rings is 1. The summed E-state index contributed by atoms with van der Waals surface area (Å²) in [6, 6.07) is 22.2. The van der Waals surface area contributed by atoms with Crippen molar-refractivity contribution < 1.29 is 4.74 Å². The first-order valence-electron chi connectivity index (χ1n) is 13.0. The van der Waals surface area contributed by atoms with Gasteiger partial charge in [-0.2, -0.15) is 0 Å². The van der Waals surface area contributed by atoms with E-state index >= 15 is 0 Å². The van der Waals surface area contributed by atoms with E-state index in [1.807, 2.05) is 41.9 Å². The summed E-state index contributed by atoms with van der Waals surface area (Å²) in [5, 5.41) is 16.0. The zero-order valence-electron chi connectivity index (χ0n) is 21.3. The van der Waals surface area contributed by atoms with Crippen LogP contribution in [0, 0.1) is 6.92 Å². The summed E-state index contributed by atoms with van der Waals surface area (Å²) in [5.74, 6) is 0.643. The third-order valence-electron chi connectivity index (χ3n) is 7.06. The Morgan fingerprint density at radius 2 is 2.03 bits per heavy atom. The van der Waals surface area contributed by atoms with Gasteiger partial charge in [0.1, 0.15) is 6.04 Å². The van der Waals surface area contributed by atoms with E-state index in [0.717, 1.165) is 41.5 Å². The highest BCUT2D eigenvalue weighted by molar-refractivity contribution is 7.09. The predicted octanol–water partition coefficient (Wildman–Crippen LogP) is 4.86. The first kappa shape index (κ1) is 24.7. The van der Waals surface area contributed by atoms with Crippen LogP contribution in [0.4, 0.5) is 0 Å². The molecule has 6 rings (SSSR count). The molecule has 9 heteroatoms. The molecule has 5 aromatic rings. The average Bonchev–Trinajstić information content (AvgIpc) is 3.70. The van der Waals surface area contributed by atoms with Gasteiger partial charge in [0.05, 0.1) is 12.6 Å². The number of aryl methyl sites for hydroxylation is 1. The number of nitrogens with one attached hydrogen (secondary N) is 1. The Kier molecular flexibility index (Phi) is 7.13. The highest BCUT2D eigenvalue weighted by Gasteiger charge is 2.32. The van der Waals surface area contributed by atoms with Crippen molar-refractivity contribution in [2.75, 3.05) is 6.61 Å². The number of thiophene rings is 1. The Balaban J connectivity index is 1.50. The van der Waals surface area contributed by atoms with Crippen LogP contribution in [0.15, 0.2) is 76.9 Å². The number of rotatable bonds is 9. The zero-order valence-corrected chi connectivity index (χ0v) is 22.1. The molecule has 0 saturated carbocycles. The van der Waals surface area contributed by atoms with Crippen molar-refractivity contribution >= 4 is 22.2 Å². The van der Waals surface area contributed by atoms with E-state index in [4.69, 9.17) is 4.74 Å².